The lowest BCUT2D eigenvalue weighted by Crippen LogP contribution is -2.00. The zero-order chi connectivity index (χ0) is 12.5. The number of aliphatic hydroxyl groups is 1. The fourth-order valence-electron chi connectivity index (χ4n) is 2.25. The molecule has 18 heavy (non-hydrogen) atoms. The molecule has 0 fully saturated rings. The van der Waals surface area contributed by atoms with Gasteiger partial charge in [-0.3, -0.25) is 4.68 Å². The number of hydrogen-bond acceptors (Lipinski definition) is 3. The Morgan fingerprint density at radius 1 is 1.33 bits per heavy atom. The van der Waals surface area contributed by atoms with Crippen LogP contribution in [0.3, 0.4) is 0 Å². The van der Waals surface area contributed by atoms with Crippen LogP contribution < -0.4 is 0 Å². The summed E-state index contributed by atoms with van der Waals surface area (Å²) in [6.07, 6.45) is 2.99. The van der Waals surface area contributed by atoms with E-state index < -0.39 is 6.10 Å². The summed E-state index contributed by atoms with van der Waals surface area (Å²) >= 11 is 0. The Labute approximate surface area is 106 Å². The minimum atomic E-state index is -0.615. The highest BCUT2D eigenvalue weighted by molar-refractivity contribution is 5.36. The molecular formula is C14H16N2O2. The highest BCUT2D eigenvalue weighted by Crippen LogP contribution is 2.27. The quantitative estimate of drug-likeness (QED) is 0.898. The monoisotopic (exact) mass is 244 g/mol. The van der Waals surface area contributed by atoms with E-state index in [0.29, 0.717) is 13.2 Å². The molecule has 4 heteroatoms. The third kappa shape index (κ3) is 1.94. The Morgan fingerprint density at radius 2 is 2.17 bits per heavy atom. The van der Waals surface area contributed by atoms with E-state index in [2.05, 4.69) is 5.10 Å². The van der Waals surface area contributed by atoms with Gasteiger partial charge in [0.05, 0.1) is 19.4 Å². The third-order valence-electron chi connectivity index (χ3n) is 3.35. The zero-order valence-corrected chi connectivity index (χ0v) is 10.3. The van der Waals surface area contributed by atoms with Crippen LogP contribution in [0.15, 0.2) is 30.6 Å². The Balaban J connectivity index is 1.89. The maximum Gasteiger partial charge on any atom is 0.107 e. The van der Waals surface area contributed by atoms with Crippen LogP contribution in [-0.4, -0.2) is 14.9 Å². The molecule has 3 rings (SSSR count). The van der Waals surface area contributed by atoms with E-state index in [-0.39, 0.29) is 0 Å². The van der Waals surface area contributed by atoms with Gasteiger partial charge in [0, 0.05) is 18.3 Å². The summed E-state index contributed by atoms with van der Waals surface area (Å²) in [5.74, 6) is 0. The van der Waals surface area contributed by atoms with Crippen LogP contribution in [0.5, 0.6) is 0 Å². The van der Waals surface area contributed by atoms with Gasteiger partial charge < -0.3 is 9.84 Å². The lowest BCUT2D eigenvalue weighted by Gasteiger charge is -2.10. The van der Waals surface area contributed by atoms with Crippen molar-refractivity contribution in [2.45, 2.75) is 32.8 Å². The van der Waals surface area contributed by atoms with E-state index in [1.54, 1.807) is 6.20 Å². The number of hydrogen-bond donors (Lipinski definition) is 1. The van der Waals surface area contributed by atoms with Crippen LogP contribution in [0.2, 0.25) is 0 Å². The van der Waals surface area contributed by atoms with E-state index in [1.807, 2.05) is 36.0 Å². The van der Waals surface area contributed by atoms with Gasteiger partial charge in [-0.2, -0.15) is 5.10 Å². The SMILES string of the molecule is CCn1cc(C(O)c2ccc3c(c2)COC3)cn1. The third-order valence-corrected chi connectivity index (χ3v) is 3.35. The minimum absolute atomic E-state index is 0.615. The van der Waals surface area contributed by atoms with Crippen LogP contribution in [0.4, 0.5) is 0 Å². The molecule has 4 nitrogen and oxygen atoms in total. The van der Waals surface area contributed by atoms with Gasteiger partial charge in [-0.25, -0.2) is 0 Å². The average molecular weight is 244 g/mol. The molecule has 1 atom stereocenters. The van der Waals surface area contributed by atoms with Gasteiger partial charge in [0.15, 0.2) is 0 Å². The standard InChI is InChI=1S/C14H16N2O2/c1-2-16-7-13(6-15-16)14(17)10-3-4-11-8-18-9-12(11)5-10/h3-7,14,17H,2,8-9H2,1H3. The van der Waals surface area contributed by atoms with Crippen molar-refractivity contribution in [1.82, 2.24) is 9.78 Å². The first-order chi connectivity index (χ1) is 8.78. The molecule has 0 amide bonds. The van der Waals surface area contributed by atoms with E-state index in [0.717, 1.165) is 17.7 Å². The second kappa shape index (κ2) is 4.55. The first-order valence-corrected chi connectivity index (χ1v) is 6.18. The molecule has 1 aliphatic rings. The van der Waals surface area contributed by atoms with Gasteiger partial charge in [-0.1, -0.05) is 18.2 Å². The lowest BCUT2D eigenvalue weighted by atomic mass is 10.00. The van der Waals surface area contributed by atoms with Gasteiger partial charge in [0.25, 0.3) is 0 Å². The number of nitrogens with zero attached hydrogens (tertiary/aromatic N) is 2. The number of aliphatic hydroxyl groups excluding tert-OH is 1. The molecule has 94 valence electrons. The van der Waals surface area contributed by atoms with Crippen molar-refractivity contribution in [2.75, 3.05) is 0 Å². The topological polar surface area (TPSA) is 47.3 Å². The smallest absolute Gasteiger partial charge is 0.107 e. The fraction of sp³-hybridized carbons (Fsp3) is 0.357. The molecule has 0 spiro atoms. The molecule has 0 aliphatic carbocycles. The molecule has 0 bridgehead atoms. The lowest BCUT2D eigenvalue weighted by molar-refractivity contribution is 0.134. The largest absolute Gasteiger partial charge is 0.384 e. The van der Waals surface area contributed by atoms with E-state index in [1.165, 1.54) is 11.1 Å². The maximum absolute atomic E-state index is 10.3. The molecule has 0 saturated heterocycles. The molecule has 2 aromatic rings. The molecule has 0 radical (unpaired) electrons. The summed E-state index contributed by atoms with van der Waals surface area (Å²) in [7, 11) is 0. The number of benzene rings is 1. The highest BCUT2D eigenvalue weighted by atomic mass is 16.5. The van der Waals surface area contributed by atoms with E-state index in [9.17, 15) is 5.11 Å². The Morgan fingerprint density at radius 3 is 2.94 bits per heavy atom. The molecular weight excluding hydrogens is 228 g/mol. The molecule has 2 heterocycles. The molecule has 1 aliphatic heterocycles. The minimum Gasteiger partial charge on any atom is -0.384 e. The van der Waals surface area contributed by atoms with Crippen LogP contribution in [-0.2, 0) is 24.5 Å². The first kappa shape index (κ1) is 11.4. The normalized spacial score (nSPS) is 15.7. The number of ether oxygens (including phenoxy) is 1. The summed E-state index contributed by atoms with van der Waals surface area (Å²) in [4.78, 5) is 0. The summed E-state index contributed by atoms with van der Waals surface area (Å²) < 4.78 is 7.19. The molecule has 1 aromatic heterocycles. The van der Waals surface area contributed by atoms with Crippen LogP contribution in [0, 0.1) is 0 Å². The van der Waals surface area contributed by atoms with E-state index >= 15 is 0 Å². The number of aryl methyl sites for hydroxylation is 1. The molecule has 1 N–H and O–H groups in total. The number of fused-ring (bicyclic) bond motifs is 1. The molecule has 0 saturated carbocycles. The highest BCUT2D eigenvalue weighted by Gasteiger charge is 2.17. The van der Waals surface area contributed by atoms with Crippen LogP contribution >= 0.6 is 0 Å². The Hall–Kier alpha value is -1.65. The number of aromatic nitrogens is 2. The Kier molecular flexibility index (Phi) is 2.89. The van der Waals surface area contributed by atoms with E-state index in [4.69, 9.17) is 4.74 Å². The first-order valence-electron chi connectivity index (χ1n) is 6.18. The van der Waals surface area contributed by atoms with Gasteiger partial charge >= 0.3 is 0 Å². The van der Waals surface area contributed by atoms with Crippen LogP contribution in [0.25, 0.3) is 0 Å². The van der Waals surface area contributed by atoms with Crippen molar-refractivity contribution in [3.63, 3.8) is 0 Å². The Bertz CT molecular complexity index is 563. The zero-order valence-electron chi connectivity index (χ0n) is 10.3. The van der Waals surface area contributed by atoms with Gasteiger partial charge in [0.2, 0.25) is 0 Å². The van der Waals surface area contributed by atoms with Crippen molar-refractivity contribution < 1.29 is 9.84 Å². The second-order valence-electron chi connectivity index (χ2n) is 4.55. The average Bonchev–Trinajstić information content (AvgIpc) is 3.05. The predicted molar refractivity (Wildman–Crippen MR) is 66.9 cm³/mol. The molecule has 1 aromatic carbocycles. The molecule has 1 unspecified atom stereocenters. The second-order valence-corrected chi connectivity index (χ2v) is 4.55. The van der Waals surface area contributed by atoms with Gasteiger partial charge in [-0.15, -0.1) is 0 Å². The van der Waals surface area contributed by atoms with Gasteiger partial charge in [0.1, 0.15) is 6.10 Å². The summed E-state index contributed by atoms with van der Waals surface area (Å²) in [6.45, 7) is 4.16. The van der Waals surface area contributed by atoms with Crippen molar-refractivity contribution in [2.24, 2.45) is 0 Å². The van der Waals surface area contributed by atoms with Gasteiger partial charge in [-0.05, 0) is 23.6 Å². The van der Waals surface area contributed by atoms with Crippen molar-refractivity contribution >= 4 is 0 Å². The van der Waals surface area contributed by atoms with Crippen molar-refractivity contribution in [3.8, 4) is 0 Å². The summed E-state index contributed by atoms with van der Waals surface area (Å²) in [6, 6.07) is 6.02. The summed E-state index contributed by atoms with van der Waals surface area (Å²) in [5.41, 5.74) is 4.12. The van der Waals surface area contributed by atoms with Crippen molar-refractivity contribution in [1.29, 1.82) is 0 Å². The summed E-state index contributed by atoms with van der Waals surface area (Å²) in [5, 5.41) is 14.5. The maximum atomic E-state index is 10.3. The predicted octanol–water partition coefficient (Wildman–Crippen LogP) is 2.01. The van der Waals surface area contributed by atoms with Crippen LogP contribution in [0.1, 0.15) is 35.3 Å². The fourth-order valence-corrected chi connectivity index (χ4v) is 2.25. The number of rotatable bonds is 3. The van der Waals surface area contributed by atoms with Crippen molar-refractivity contribution in [3.05, 3.63) is 52.8 Å².